The van der Waals surface area contributed by atoms with Crippen LogP contribution in [0.3, 0.4) is 0 Å². The van der Waals surface area contributed by atoms with Crippen molar-refractivity contribution in [2.75, 3.05) is 20.3 Å². The Balaban J connectivity index is 1.35. The first-order valence-corrected chi connectivity index (χ1v) is 9.89. The van der Waals surface area contributed by atoms with Gasteiger partial charge in [0, 0.05) is 11.5 Å². The summed E-state index contributed by atoms with van der Waals surface area (Å²) in [4.78, 5) is 12.2. The summed E-state index contributed by atoms with van der Waals surface area (Å²) >= 11 is 0. The highest BCUT2D eigenvalue weighted by molar-refractivity contribution is 5.79. The molecule has 0 aromatic heterocycles. The molecule has 3 aromatic rings. The van der Waals surface area contributed by atoms with Crippen LogP contribution in [0.5, 0.6) is 5.75 Å². The van der Waals surface area contributed by atoms with Crippen molar-refractivity contribution in [2.24, 2.45) is 0 Å². The lowest BCUT2D eigenvalue weighted by Gasteiger charge is -2.14. The molecule has 0 saturated heterocycles. The van der Waals surface area contributed by atoms with Crippen LogP contribution in [-0.2, 0) is 4.74 Å². The van der Waals surface area contributed by atoms with Crippen molar-refractivity contribution in [3.05, 3.63) is 89.0 Å². The fraction of sp³-hybridized carbons (Fsp3) is 0.192. The van der Waals surface area contributed by atoms with Crippen molar-refractivity contribution in [3.8, 4) is 28.7 Å². The van der Waals surface area contributed by atoms with Crippen LogP contribution in [0.4, 0.5) is 4.79 Å². The number of methoxy groups -OCH3 is 1. The van der Waals surface area contributed by atoms with E-state index in [4.69, 9.17) is 9.47 Å². The lowest BCUT2D eigenvalue weighted by Crippen LogP contribution is -2.26. The van der Waals surface area contributed by atoms with Crippen molar-refractivity contribution in [3.63, 3.8) is 0 Å². The number of ether oxygens (including phenoxy) is 2. The van der Waals surface area contributed by atoms with Crippen LogP contribution in [0.2, 0.25) is 0 Å². The third kappa shape index (κ3) is 4.01. The normalized spacial score (nSPS) is 11.7. The fourth-order valence-corrected chi connectivity index (χ4v) is 3.77. The Morgan fingerprint density at radius 1 is 1.00 bits per heavy atom. The zero-order valence-electron chi connectivity index (χ0n) is 17.1. The molecule has 0 spiro atoms. The summed E-state index contributed by atoms with van der Waals surface area (Å²) in [6.45, 7) is 2.50. The first-order chi connectivity index (χ1) is 14.7. The average Bonchev–Trinajstić information content (AvgIpc) is 3.10. The number of hydrogen-bond acceptors (Lipinski definition) is 3. The number of aryl methyl sites for hydroxylation is 1. The minimum atomic E-state index is -0.464. The summed E-state index contributed by atoms with van der Waals surface area (Å²) in [7, 11) is 1.63. The van der Waals surface area contributed by atoms with E-state index in [0.29, 0.717) is 6.61 Å². The molecule has 150 valence electrons. The number of fused-ring (bicyclic) bond motifs is 3. The Morgan fingerprint density at radius 2 is 1.67 bits per heavy atom. The largest absolute Gasteiger partial charge is 0.497 e. The third-order valence-corrected chi connectivity index (χ3v) is 5.33. The lowest BCUT2D eigenvalue weighted by atomic mass is 9.98. The van der Waals surface area contributed by atoms with Crippen LogP contribution in [-0.4, -0.2) is 26.4 Å². The minimum absolute atomic E-state index is 0.0497. The van der Waals surface area contributed by atoms with Gasteiger partial charge in [0.2, 0.25) is 0 Å². The van der Waals surface area contributed by atoms with E-state index in [1.807, 2.05) is 49.4 Å². The van der Waals surface area contributed by atoms with Crippen LogP contribution in [0, 0.1) is 18.8 Å². The molecular weight excluding hydrogens is 374 g/mol. The molecule has 4 nitrogen and oxygen atoms in total. The van der Waals surface area contributed by atoms with Gasteiger partial charge in [-0.25, -0.2) is 4.79 Å². The number of amides is 1. The highest BCUT2D eigenvalue weighted by Crippen LogP contribution is 2.44. The zero-order valence-corrected chi connectivity index (χ0v) is 17.1. The van der Waals surface area contributed by atoms with E-state index in [2.05, 4.69) is 41.4 Å². The summed E-state index contributed by atoms with van der Waals surface area (Å²) < 4.78 is 10.7. The molecule has 4 rings (SSSR count). The molecular formula is C26H23NO3. The molecule has 0 fully saturated rings. The van der Waals surface area contributed by atoms with Crippen LogP contribution >= 0.6 is 0 Å². The maximum Gasteiger partial charge on any atom is 0.407 e. The van der Waals surface area contributed by atoms with Gasteiger partial charge in [-0.2, -0.15) is 0 Å². The number of alkyl carbamates (subject to hydrolysis) is 1. The molecule has 0 unspecified atom stereocenters. The first kappa shape index (κ1) is 19.6. The topological polar surface area (TPSA) is 47.6 Å². The molecule has 0 aliphatic heterocycles. The van der Waals surface area contributed by atoms with Crippen LogP contribution in [0.25, 0.3) is 11.1 Å². The molecule has 3 aromatic carbocycles. The Labute approximate surface area is 176 Å². The molecule has 1 aliphatic rings. The minimum Gasteiger partial charge on any atom is -0.497 e. The van der Waals surface area contributed by atoms with Crippen molar-refractivity contribution in [2.45, 2.75) is 12.8 Å². The van der Waals surface area contributed by atoms with Gasteiger partial charge in [-0.05, 0) is 46.9 Å². The molecule has 1 N–H and O–H groups in total. The molecule has 0 bridgehead atoms. The van der Waals surface area contributed by atoms with E-state index in [9.17, 15) is 4.79 Å². The van der Waals surface area contributed by atoms with E-state index >= 15 is 0 Å². The third-order valence-electron chi connectivity index (χ3n) is 5.33. The molecule has 0 radical (unpaired) electrons. The second-order valence-corrected chi connectivity index (χ2v) is 7.16. The molecule has 1 aliphatic carbocycles. The van der Waals surface area contributed by atoms with Gasteiger partial charge < -0.3 is 14.8 Å². The Hall–Kier alpha value is -3.71. The Morgan fingerprint density at radius 3 is 2.33 bits per heavy atom. The molecule has 1 amide bonds. The van der Waals surface area contributed by atoms with Crippen LogP contribution in [0.15, 0.2) is 66.7 Å². The van der Waals surface area contributed by atoms with Gasteiger partial charge in [0.15, 0.2) is 0 Å². The van der Waals surface area contributed by atoms with E-state index in [-0.39, 0.29) is 12.5 Å². The fourth-order valence-electron chi connectivity index (χ4n) is 3.77. The van der Waals surface area contributed by atoms with E-state index in [1.165, 1.54) is 22.3 Å². The van der Waals surface area contributed by atoms with E-state index < -0.39 is 6.09 Å². The SMILES string of the molecule is COc1ccc(C)c(C#CCNC(=O)OCC2c3ccccc3-c3ccccc32)c1. The van der Waals surface area contributed by atoms with Gasteiger partial charge in [0.1, 0.15) is 12.4 Å². The van der Waals surface area contributed by atoms with Gasteiger partial charge in [-0.15, -0.1) is 0 Å². The maximum atomic E-state index is 12.2. The summed E-state index contributed by atoms with van der Waals surface area (Å²) in [5.41, 5.74) is 6.75. The lowest BCUT2D eigenvalue weighted by molar-refractivity contribution is 0.144. The summed E-state index contributed by atoms with van der Waals surface area (Å²) in [6, 6.07) is 22.3. The van der Waals surface area contributed by atoms with Gasteiger partial charge in [-0.1, -0.05) is 66.4 Å². The first-order valence-electron chi connectivity index (χ1n) is 9.89. The highest BCUT2D eigenvalue weighted by Gasteiger charge is 2.28. The van der Waals surface area contributed by atoms with Gasteiger partial charge in [0.25, 0.3) is 0 Å². The Kier molecular flexibility index (Phi) is 5.72. The molecule has 0 saturated carbocycles. The molecule has 4 heteroatoms. The summed E-state index contributed by atoms with van der Waals surface area (Å²) in [5, 5.41) is 2.71. The number of rotatable bonds is 4. The quantitative estimate of drug-likeness (QED) is 0.638. The molecule has 0 atom stereocenters. The van der Waals surface area contributed by atoms with Crippen molar-refractivity contribution in [1.29, 1.82) is 0 Å². The summed E-state index contributed by atoms with van der Waals surface area (Å²) in [6.07, 6.45) is -0.464. The van der Waals surface area contributed by atoms with Crippen LogP contribution in [0.1, 0.15) is 28.2 Å². The van der Waals surface area contributed by atoms with Gasteiger partial charge in [0.05, 0.1) is 13.7 Å². The highest BCUT2D eigenvalue weighted by atomic mass is 16.5. The monoisotopic (exact) mass is 397 g/mol. The number of nitrogens with one attached hydrogen (secondary N) is 1. The summed E-state index contributed by atoms with van der Waals surface area (Å²) in [5.74, 6) is 6.84. The molecule has 0 heterocycles. The van der Waals surface area contributed by atoms with Crippen molar-refractivity contribution < 1.29 is 14.3 Å². The second kappa shape index (κ2) is 8.75. The number of hydrogen-bond donors (Lipinski definition) is 1. The predicted molar refractivity (Wildman–Crippen MR) is 118 cm³/mol. The van der Waals surface area contributed by atoms with Crippen molar-refractivity contribution in [1.82, 2.24) is 5.32 Å². The van der Waals surface area contributed by atoms with E-state index in [0.717, 1.165) is 16.9 Å². The Bertz CT molecular complexity index is 1090. The zero-order chi connectivity index (χ0) is 20.9. The number of carbonyl (C=O) groups is 1. The molecule has 30 heavy (non-hydrogen) atoms. The second-order valence-electron chi connectivity index (χ2n) is 7.16. The van der Waals surface area contributed by atoms with Gasteiger partial charge in [-0.3, -0.25) is 0 Å². The predicted octanol–water partition coefficient (Wildman–Crippen LogP) is 4.89. The van der Waals surface area contributed by atoms with E-state index in [1.54, 1.807) is 7.11 Å². The average molecular weight is 397 g/mol. The van der Waals surface area contributed by atoms with Crippen molar-refractivity contribution >= 4 is 6.09 Å². The number of benzene rings is 3. The van der Waals surface area contributed by atoms with Gasteiger partial charge >= 0.3 is 6.09 Å². The smallest absolute Gasteiger partial charge is 0.407 e. The maximum absolute atomic E-state index is 12.2. The van der Waals surface area contributed by atoms with Crippen LogP contribution < -0.4 is 10.1 Å². The standard InChI is InChI=1S/C26H23NO3/c1-18-13-14-20(29-2)16-19(18)8-7-15-27-26(28)30-17-25-23-11-5-3-9-21(23)22-10-4-6-12-24(22)25/h3-6,9-14,16,25H,15,17H2,1-2H3,(H,27,28). The number of carbonyl (C=O) groups excluding carboxylic acids is 1.